The first-order valence-electron chi connectivity index (χ1n) is 15.5. The number of hydrogen-bond acceptors (Lipinski definition) is 9. The Bertz CT molecular complexity index is 1650. The van der Waals surface area contributed by atoms with Crippen LogP contribution in [0.1, 0.15) is 44.9 Å². The van der Waals surface area contributed by atoms with Gasteiger partial charge in [0.1, 0.15) is 41.3 Å². The number of aromatic nitrogens is 3. The van der Waals surface area contributed by atoms with Gasteiger partial charge in [-0.2, -0.15) is 9.97 Å². The highest BCUT2D eigenvalue weighted by Crippen LogP contribution is 2.50. The molecule has 8 rings (SSSR count). The van der Waals surface area contributed by atoms with Crippen LogP contribution in [0.15, 0.2) is 18.3 Å². The van der Waals surface area contributed by atoms with Crippen molar-refractivity contribution in [3.8, 4) is 28.8 Å². The monoisotopic (exact) mass is 648 g/mol. The zero-order valence-corrected chi connectivity index (χ0v) is 25.2. The molecule has 0 radical (unpaired) electrons. The normalized spacial score (nSPS) is 28.7. The Labute approximate surface area is 261 Å². The largest absolute Gasteiger partial charge is 0.508 e. The molecule has 0 amide bonds. The zero-order chi connectivity index (χ0) is 31.1. The second-order valence-electron chi connectivity index (χ2n) is 13.2. The third kappa shape index (κ3) is 5.01. The molecule has 0 spiro atoms. The fourth-order valence-corrected chi connectivity index (χ4v) is 7.93. The van der Waals surface area contributed by atoms with Gasteiger partial charge in [-0.25, -0.2) is 17.6 Å². The molecule has 6 heterocycles. The molecular formula is C31H33ClF4N6O3. The summed E-state index contributed by atoms with van der Waals surface area (Å²) in [5.74, 6) is -0.887. The molecule has 2 bridgehead atoms. The predicted molar refractivity (Wildman–Crippen MR) is 159 cm³/mol. The number of fused-ring (bicyclic) bond motifs is 4. The molecule has 1 aliphatic carbocycles. The molecule has 1 saturated carbocycles. The van der Waals surface area contributed by atoms with Crippen LogP contribution in [0.25, 0.3) is 22.2 Å². The Morgan fingerprint density at radius 3 is 2.62 bits per heavy atom. The summed E-state index contributed by atoms with van der Waals surface area (Å²) in [7, 11) is 0. The van der Waals surface area contributed by atoms with Crippen molar-refractivity contribution in [2.45, 2.75) is 80.8 Å². The van der Waals surface area contributed by atoms with E-state index in [2.05, 4.69) is 25.1 Å². The summed E-state index contributed by atoms with van der Waals surface area (Å²) >= 11 is 6.37. The van der Waals surface area contributed by atoms with Crippen LogP contribution in [0.5, 0.6) is 17.5 Å². The number of aromatic hydroxyl groups is 1. The Hall–Kier alpha value is -3.16. The number of hydrogen-bond donors (Lipinski definition) is 2. The zero-order valence-electron chi connectivity index (χ0n) is 24.4. The quantitative estimate of drug-likeness (QED) is 0.317. The van der Waals surface area contributed by atoms with Gasteiger partial charge in [0.25, 0.3) is 6.43 Å². The van der Waals surface area contributed by atoms with Gasteiger partial charge < -0.3 is 24.8 Å². The van der Waals surface area contributed by atoms with Gasteiger partial charge in [-0.15, -0.1) is 0 Å². The molecule has 2 N–H and O–H groups in total. The van der Waals surface area contributed by atoms with Crippen LogP contribution in [-0.2, 0) is 0 Å². The number of phenolic OH excluding ortho intramolecular Hbond substituents is 1. The van der Waals surface area contributed by atoms with Crippen molar-refractivity contribution >= 4 is 28.3 Å². The lowest BCUT2D eigenvalue weighted by atomic mass is 9.95. The SMILES string of the molecule is Oc1cc(Cl)c(OC2(C(F)F)CC2)c(-c2ncc3c(N4CC5CCC(C4)N5)nc(OC[C@@]45CCCN4C[C@H](F)C5)nc3c2F)c1. The number of ether oxygens (including phenoxy) is 2. The van der Waals surface area contributed by atoms with Gasteiger partial charge in [-0.05, 0) is 51.1 Å². The number of nitrogens with zero attached hydrogens (tertiary/aromatic N) is 5. The van der Waals surface area contributed by atoms with Gasteiger partial charge in [0.2, 0.25) is 0 Å². The van der Waals surface area contributed by atoms with E-state index < -0.39 is 29.6 Å². The van der Waals surface area contributed by atoms with Crippen molar-refractivity contribution < 1.29 is 32.1 Å². The van der Waals surface area contributed by atoms with E-state index in [1.54, 1.807) is 0 Å². The Morgan fingerprint density at radius 1 is 1.11 bits per heavy atom. The molecule has 5 aliphatic rings. The molecule has 4 saturated heterocycles. The van der Waals surface area contributed by atoms with Gasteiger partial charge >= 0.3 is 6.01 Å². The Kier molecular flexibility index (Phi) is 6.96. The summed E-state index contributed by atoms with van der Waals surface area (Å²) < 4.78 is 70.7. The molecule has 2 aromatic heterocycles. The van der Waals surface area contributed by atoms with Gasteiger partial charge in [-0.1, -0.05) is 11.6 Å². The van der Waals surface area contributed by atoms with Crippen LogP contribution in [0, 0.1) is 5.82 Å². The van der Waals surface area contributed by atoms with E-state index >= 15 is 4.39 Å². The first-order chi connectivity index (χ1) is 21.6. The van der Waals surface area contributed by atoms with E-state index in [0.717, 1.165) is 38.3 Å². The smallest absolute Gasteiger partial charge is 0.319 e. The van der Waals surface area contributed by atoms with Crippen molar-refractivity contribution in [1.29, 1.82) is 0 Å². The van der Waals surface area contributed by atoms with E-state index in [1.807, 2.05) is 0 Å². The summed E-state index contributed by atoms with van der Waals surface area (Å²) in [6.07, 6.45) is 2.09. The standard InChI is InChI=1S/C31H33ClF4N6O3/c32-22-9-19(43)8-20(26(22)45-31(5-6-31)28(35)36)24-23(34)25-21(11-37-24)27(41-13-17-2-3-18(14-41)38-17)40-29(39-25)44-15-30-4-1-7-42(30)12-16(33)10-30/h8-9,11,16-18,28,38,43H,1-7,10,12-15H2/t16-,17?,18?,30+/m1/s1. The highest BCUT2D eigenvalue weighted by Gasteiger charge is 2.55. The van der Waals surface area contributed by atoms with Crippen molar-refractivity contribution in [3.05, 3.63) is 29.2 Å². The lowest BCUT2D eigenvalue weighted by Crippen LogP contribution is -2.51. The maximum absolute atomic E-state index is 16.7. The number of pyridine rings is 1. The summed E-state index contributed by atoms with van der Waals surface area (Å²) in [4.78, 5) is 17.8. The number of rotatable bonds is 8. The molecule has 4 aliphatic heterocycles. The molecule has 4 atom stereocenters. The Morgan fingerprint density at radius 2 is 1.89 bits per heavy atom. The van der Waals surface area contributed by atoms with Crippen LogP contribution in [-0.4, -0.2) is 93.6 Å². The maximum atomic E-state index is 16.7. The second-order valence-corrected chi connectivity index (χ2v) is 13.6. The van der Waals surface area contributed by atoms with E-state index in [-0.39, 0.29) is 70.8 Å². The van der Waals surface area contributed by atoms with Crippen LogP contribution in [0.3, 0.4) is 0 Å². The summed E-state index contributed by atoms with van der Waals surface area (Å²) in [6.45, 7) is 2.64. The number of piperazine rings is 1. The maximum Gasteiger partial charge on any atom is 0.319 e. The minimum absolute atomic E-state index is 0.0389. The van der Waals surface area contributed by atoms with Gasteiger partial charge in [-0.3, -0.25) is 9.88 Å². The third-order valence-electron chi connectivity index (χ3n) is 10.1. The number of alkyl halides is 3. The van der Waals surface area contributed by atoms with Crippen LogP contribution >= 0.6 is 11.6 Å². The lowest BCUT2D eigenvalue weighted by Gasteiger charge is -2.34. The Balaban J connectivity index is 1.22. The lowest BCUT2D eigenvalue weighted by molar-refractivity contribution is -0.00661. The van der Waals surface area contributed by atoms with Crippen molar-refractivity contribution in [3.63, 3.8) is 0 Å². The summed E-state index contributed by atoms with van der Waals surface area (Å²) in [5, 5.41) is 14.2. The van der Waals surface area contributed by atoms with Crippen LogP contribution in [0.2, 0.25) is 5.02 Å². The van der Waals surface area contributed by atoms with E-state index in [1.165, 1.54) is 12.3 Å². The number of anilines is 1. The van der Waals surface area contributed by atoms with Crippen molar-refractivity contribution in [2.75, 3.05) is 37.7 Å². The van der Waals surface area contributed by atoms with Crippen LogP contribution in [0.4, 0.5) is 23.4 Å². The highest BCUT2D eigenvalue weighted by atomic mass is 35.5. The second kappa shape index (κ2) is 10.7. The molecule has 240 valence electrons. The first-order valence-corrected chi connectivity index (χ1v) is 15.9. The predicted octanol–water partition coefficient (Wildman–Crippen LogP) is 5.26. The minimum atomic E-state index is -2.78. The average molecular weight is 649 g/mol. The first kappa shape index (κ1) is 29.3. The molecule has 3 aromatic rings. The number of nitrogens with one attached hydrogen (secondary N) is 1. The molecule has 9 nitrogen and oxygen atoms in total. The van der Waals surface area contributed by atoms with E-state index in [9.17, 15) is 18.3 Å². The molecule has 45 heavy (non-hydrogen) atoms. The molecular weight excluding hydrogens is 616 g/mol. The fraction of sp³-hybridized carbons (Fsp3) is 0.581. The topological polar surface area (TPSA) is 95.9 Å². The van der Waals surface area contributed by atoms with Crippen molar-refractivity contribution in [1.82, 2.24) is 25.2 Å². The molecule has 14 heteroatoms. The van der Waals surface area contributed by atoms with Gasteiger partial charge in [0, 0.05) is 50.4 Å². The van der Waals surface area contributed by atoms with Gasteiger partial charge in [0.15, 0.2) is 11.4 Å². The van der Waals surface area contributed by atoms with Crippen molar-refractivity contribution in [2.24, 2.45) is 0 Å². The fourth-order valence-electron chi connectivity index (χ4n) is 7.68. The minimum Gasteiger partial charge on any atom is -0.508 e. The summed E-state index contributed by atoms with van der Waals surface area (Å²) in [6, 6.07) is 2.83. The van der Waals surface area contributed by atoms with E-state index in [4.69, 9.17) is 26.1 Å². The number of halogens is 5. The number of phenols is 1. The third-order valence-corrected chi connectivity index (χ3v) is 10.4. The number of benzene rings is 1. The molecule has 1 aromatic carbocycles. The van der Waals surface area contributed by atoms with Gasteiger partial charge in [0.05, 0.1) is 21.5 Å². The average Bonchev–Trinajstić information content (AvgIpc) is 3.45. The molecule has 2 unspecified atom stereocenters. The highest BCUT2D eigenvalue weighted by molar-refractivity contribution is 6.32. The van der Waals surface area contributed by atoms with Crippen LogP contribution < -0.4 is 19.7 Å². The van der Waals surface area contributed by atoms with E-state index in [0.29, 0.717) is 37.3 Å². The summed E-state index contributed by atoms with van der Waals surface area (Å²) in [5.41, 5.74) is -2.61. The molecule has 5 fully saturated rings.